The van der Waals surface area contributed by atoms with E-state index in [0.717, 1.165) is 0 Å². The molecule has 1 aliphatic heterocycles. The maximum absolute atomic E-state index is 11.5. The van der Waals surface area contributed by atoms with Crippen LogP contribution >= 0.6 is 0 Å². The van der Waals surface area contributed by atoms with Gasteiger partial charge in [0.05, 0.1) is 6.20 Å². The molecule has 1 fully saturated rings. The van der Waals surface area contributed by atoms with Crippen molar-refractivity contribution in [2.45, 2.75) is 30.0 Å². The Kier molecular flexibility index (Phi) is 4.92. The number of benzene rings is 1. The molecule has 5 atom stereocenters. The van der Waals surface area contributed by atoms with Crippen LogP contribution in [0.25, 0.3) is 0 Å². The number of hydrogen-bond acceptors (Lipinski definition) is 9. The predicted octanol–water partition coefficient (Wildman–Crippen LogP) is -0.207. The summed E-state index contributed by atoms with van der Waals surface area (Å²) in [6, 6.07) is 9.44. The summed E-state index contributed by atoms with van der Waals surface area (Å²) >= 11 is 0. The number of hydrogen-bond donors (Lipinski definition) is 3. The highest BCUT2D eigenvalue weighted by Gasteiger charge is 2.52. The maximum Gasteiger partial charge on any atom is 0.311 e. The minimum atomic E-state index is -4.83. The van der Waals surface area contributed by atoms with Crippen molar-refractivity contribution in [2.24, 2.45) is 0 Å². The van der Waals surface area contributed by atoms with Crippen LogP contribution in [0.3, 0.4) is 0 Å². The second-order valence-electron chi connectivity index (χ2n) is 5.21. The molecular weight excluding hydrogens is 358 g/mol. The Morgan fingerprint density at radius 2 is 1.76 bits per heavy atom. The van der Waals surface area contributed by atoms with Crippen molar-refractivity contribution in [3.05, 3.63) is 42.6 Å². The van der Waals surface area contributed by atoms with Crippen molar-refractivity contribution < 1.29 is 41.9 Å². The van der Waals surface area contributed by atoms with Crippen molar-refractivity contribution in [3.63, 3.8) is 0 Å². The molecule has 1 saturated heterocycles. The van der Waals surface area contributed by atoms with Gasteiger partial charge in [-0.25, -0.2) is 0 Å². The maximum atomic E-state index is 11.5. The number of aromatic nitrogens is 1. The van der Waals surface area contributed by atoms with Gasteiger partial charge in [0.15, 0.2) is 12.2 Å². The molecule has 3 rings (SSSR count). The van der Waals surface area contributed by atoms with E-state index in [0.29, 0.717) is 0 Å². The zero-order valence-electron chi connectivity index (χ0n) is 12.6. The lowest BCUT2D eigenvalue weighted by Crippen LogP contribution is -2.62. The van der Waals surface area contributed by atoms with Gasteiger partial charge in [-0.3, -0.25) is 4.55 Å². The first kappa shape index (κ1) is 17.6. The third-order valence-corrected chi connectivity index (χ3v) is 4.43. The van der Waals surface area contributed by atoms with E-state index in [9.17, 15) is 23.2 Å². The van der Waals surface area contributed by atoms with Crippen LogP contribution in [0.5, 0.6) is 11.7 Å². The molecular formula is C14H15NO9S. The van der Waals surface area contributed by atoms with Crippen LogP contribution in [0.1, 0.15) is 0 Å². The van der Waals surface area contributed by atoms with E-state index < -0.39 is 40.2 Å². The van der Waals surface area contributed by atoms with E-state index in [1.807, 2.05) is 0 Å². The lowest BCUT2D eigenvalue weighted by Gasteiger charge is -2.40. The van der Waals surface area contributed by atoms with Crippen LogP contribution < -0.4 is 9.47 Å². The van der Waals surface area contributed by atoms with Gasteiger partial charge < -0.3 is 28.9 Å². The fourth-order valence-electron chi connectivity index (χ4n) is 2.32. The molecule has 136 valence electrons. The van der Waals surface area contributed by atoms with Crippen molar-refractivity contribution >= 4 is 10.1 Å². The highest BCUT2D eigenvalue weighted by Crippen LogP contribution is 2.29. The molecule has 0 amide bonds. The van der Waals surface area contributed by atoms with Gasteiger partial charge in [0.1, 0.15) is 11.9 Å². The summed E-state index contributed by atoms with van der Waals surface area (Å²) in [4.78, 5) is 0. The number of aliphatic hydroxyl groups excluding tert-OH is 2. The molecule has 0 radical (unpaired) electrons. The first-order valence-electron chi connectivity index (χ1n) is 7.13. The van der Waals surface area contributed by atoms with E-state index in [-0.39, 0.29) is 11.7 Å². The number of rotatable bonds is 5. The van der Waals surface area contributed by atoms with Crippen LogP contribution in [0.2, 0.25) is 0 Å². The molecule has 1 aromatic heterocycles. The zero-order chi connectivity index (χ0) is 18.0. The standard InChI is InChI=1S/C14H15NO9S/c16-10-12(22-9-6-7-15-24-9)11(17)14(25(18,19)20)23-13(10)21-8-4-2-1-3-5-8/h1-7,10-14,16-17H,(H,18,19,20)/t10-,11+,12-,13-,14?/m1/s1. The van der Waals surface area contributed by atoms with E-state index in [4.69, 9.17) is 18.7 Å². The van der Waals surface area contributed by atoms with Gasteiger partial charge in [-0.2, -0.15) is 8.42 Å². The summed E-state index contributed by atoms with van der Waals surface area (Å²) in [5.41, 5.74) is -2.09. The Bertz CT molecular complexity index is 780. The van der Waals surface area contributed by atoms with Gasteiger partial charge in [-0.15, -0.1) is 0 Å². The molecule has 1 unspecified atom stereocenters. The van der Waals surface area contributed by atoms with Crippen LogP contribution in [0.4, 0.5) is 0 Å². The third-order valence-electron chi connectivity index (χ3n) is 3.45. The summed E-state index contributed by atoms with van der Waals surface area (Å²) in [6.45, 7) is 0. The first-order valence-corrected chi connectivity index (χ1v) is 8.63. The Morgan fingerprint density at radius 1 is 1.04 bits per heavy atom. The fraction of sp³-hybridized carbons (Fsp3) is 0.357. The summed E-state index contributed by atoms with van der Waals surface area (Å²) in [5.74, 6) is 0.105. The second-order valence-corrected chi connectivity index (χ2v) is 6.71. The molecule has 1 aromatic carbocycles. The molecule has 0 bridgehead atoms. The lowest BCUT2D eigenvalue weighted by molar-refractivity contribution is -0.250. The first-order chi connectivity index (χ1) is 11.9. The molecule has 0 saturated carbocycles. The van der Waals surface area contributed by atoms with Gasteiger partial charge >= 0.3 is 5.95 Å². The number of ether oxygens (including phenoxy) is 3. The minimum Gasteiger partial charge on any atom is -0.462 e. The van der Waals surface area contributed by atoms with Crippen molar-refractivity contribution in [2.75, 3.05) is 0 Å². The summed E-state index contributed by atoms with van der Waals surface area (Å²) in [5, 5.41) is 23.9. The molecule has 0 aliphatic carbocycles. The van der Waals surface area contributed by atoms with Crippen molar-refractivity contribution in [3.8, 4) is 11.7 Å². The summed E-state index contributed by atoms with van der Waals surface area (Å²) in [7, 11) is -4.83. The SMILES string of the molecule is O=S(=O)(O)C1O[C@@H](Oc2ccccc2)[C@H](O)[C@@H](Oc2ccno2)[C@@H]1O. The Morgan fingerprint density at radius 3 is 2.36 bits per heavy atom. The number of nitrogens with zero attached hydrogens (tertiary/aromatic N) is 1. The predicted molar refractivity (Wildman–Crippen MR) is 80.2 cm³/mol. The molecule has 25 heavy (non-hydrogen) atoms. The average molecular weight is 373 g/mol. The van der Waals surface area contributed by atoms with Crippen molar-refractivity contribution in [1.82, 2.24) is 5.16 Å². The van der Waals surface area contributed by atoms with E-state index in [1.165, 1.54) is 12.3 Å². The highest BCUT2D eigenvalue weighted by atomic mass is 32.2. The Hall–Kier alpha value is -2.18. The Labute approximate surface area is 142 Å². The number of para-hydroxylation sites is 1. The zero-order valence-corrected chi connectivity index (χ0v) is 13.4. The molecule has 11 heteroatoms. The third kappa shape index (κ3) is 3.91. The molecule has 2 heterocycles. The molecule has 2 aromatic rings. The van der Waals surface area contributed by atoms with Gasteiger partial charge in [0.25, 0.3) is 10.1 Å². The van der Waals surface area contributed by atoms with Gasteiger partial charge in [-0.05, 0) is 12.1 Å². The van der Waals surface area contributed by atoms with E-state index in [2.05, 4.69) is 5.16 Å². The average Bonchev–Trinajstić information content (AvgIpc) is 3.07. The smallest absolute Gasteiger partial charge is 0.311 e. The normalized spacial score (nSPS) is 30.0. The topological polar surface area (TPSA) is 149 Å². The summed E-state index contributed by atoms with van der Waals surface area (Å²) < 4.78 is 52.7. The Balaban J connectivity index is 1.87. The van der Waals surface area contributed by atoms with Gasteiger partial charge in [0, 0.05) is 6.07 Å². The second kappa shape index (κ2) is 6.98. The van der Waals surface area contributed by atoms with Crippen LogP contribution in [0.15, 0.2) is 47.1 Å². The fourth-order valence-corrected chi connectivity index (χ4v) is 3.08. The van der Waals surface area contributed by atoms with Crippen LogP contribution in [-0.2, 0) is 14.9 Å². The summed E-state index contributed by atoms with van der Waals surface area (Å²) in [6.07, 6.45) is -5.32. The minimum absolute atomic E-state index is 0.169. The molecule has 0 spiro atoms. The highest BCUT2D eigenvalue weighted by molar-refractivity contribution is 7.86. The quantitative estimate of drug-likeness (QED) is 0.601. The number of aliphatic hydroxyl groups is 2. The van der Waals surface area contributed by atoms with Crippen LogP contribution in [0, 0.1) is 0 Å². The van der Waals surface area contributed by atoms with Gasteiger partial charge in [0.2, 0.25) is 11.7 Å². The molecule has 1 aliphatic rings. The largest absolute Gasteiger partial charge is 0.462 e. The monoisotopic (exact) mass is 373 g/mol. The molecule has 3 N–H and O–H groups in total. The van der Waals surface area contributed by atoms with Crippen LogP contribution in [-0.4, -0.2) is 58.4 Å². The van der Waals surface area contributed by atoms with Gasteiger partial charge in [-0.1, -0.05) is 23.4 Å². The molecule has 10 nitrogen and oxygen atoms in total. The lowest BCUT2D eigenvalue weighted by atomic mass is 10.0. The van der Waals surface area contributed by atoms with Crippen molar-refractivity contribution in [1.29, 1.82) is 0 Å². The van der Waals surface area contributed by atoms with E-state index in [1.54, 1.807) is 30.3 Å². The van der Waals surface area contributed by atoms with E-state index >= 15 is 0 Å².